The molecule has 0 aliphatic carbocycles. The van der Waals surface area contributed by atoms with Gasteiger partial charge in [-0.1, -0.05) is 24.6 Å². The van der Waals surface area contributed by atoms with Gasteiger partial charge in [-0.25, -0.2) is 4.79 Å². The monoisotopic (exact) mass is 317 g/mol. The van der Waals surface area contributed by atoms with Gasteiger partial charge in [0.2, 0.25) is 5.91 Å². The highest BCUT2D eigenvalue weighted by Crippen LogP contribution is 2.23. The summed E-state index contributed by atoms with van der Waals surface area (Å²) in [6.07, 6.45) is 0.478. The number of urea groups is 1. The summed E-state index contributed by atoms with van der Waals surface area (Å²) in [5, 5.41) is 5.44. The number of amides is 4. The lowest BCUT2D eigenvalue weighted by Gasteiger charge is -2.19. The van der Waals surface area contributed by atoms with E-state index in [2.05, 4.69) is 10.6 Å². The molecule has 0 bridgehead atoms. The Kier molecular flexibility index (Phi) is 4.45. The second-order valence-corrected chi connectivity index (χ2v) is 6.33. The fraction of sp³-hybridized carbons (Fsp3) is 0.471. The standard InChI is InChI=1S/C17H23N3O3/c1-6-17(5)15(22)20(16(23)19-17)9-13(21)18-14-11(3)7-10(2)8-12(14)4/h7-8H,6,9H2,1-5H3,(H,18,21)(H,19,23)/t17-/m1/s1. The van der Waals surface area contributed by atoms with E-state index in [-0.39, 0.29) is 18.4 Å². The molecule has 1 aromatic rings. The third-order valence-electron chi connectivity index (χ3n) is 4.30. The van der Waals surface area contributed by atoms with Gasteiger partial charge in [-0.2, -0.15) is 0 Å². The lowest BCUT2D eigenvalue weighted by atomic mass is 9.99. The van der Waals surface area contributed by atoms with Gasteiger partial charge in [0, 0.05) is 5.69 Å². The van der Waals surface area contributed by atoms with Gasteiger partial charge in [0.1, 0.15) is 12.1 Å². The fourth-order valence-electron chi connectivity index (χ4n) is 2.83. The summed E-state index contributed by atoms with van der Waals surface area (Å²) in [6.45, 7) is 9.02. The van der Waals surface area contributed by atoms with Crippen LogP contribution < -0.4 is 10.6 Å². The van der Waals surface area contributed by atoms with Crippen LogP contribution in [-0.4, -0.2) is 34.8 Å². The topological polar surface area (TPSA) is 78.5 Å². The van der Waals surface area contributed by atoms with Crippen LogP contribution in [0.25, 0.3) is 0 Å². The minimum Gasteiger partial charge on any atom is -0.324 e. The molecule has 23 heavy (non-hydrogen) atoms. The fourth-order valence-corrected chi connectivity index (χ4v) is 2.83. The number of aryl methyl sites for hydroxylation is 3. The molecule has 2 rings (SSSR count). The van der Waals surface area contributed by atoms with Crippen molar-refractivity contribution in [2.45, 2.75) is 46.6 Å². The van der Waals surface area contributed by atoms with E-state index in [1.165, 1.54) is 0 Å². The molecule has 0 aromatic heterocycles. The summed E-state index contributed by atoms with van der Waals surface area (Å²) in [6, 6.07) is 3.43. The summed E-state index contributed by atoms with van der Waals surface area (Å²) in [4.78, 5) is 37.5. The molecule has 1 aliphatic rings. The first kappa shape index (κ1) is 17.0. The minimum atomic E-state index is -0.924. The van der Waals surface area contributed by atoms with E-state index >= 15 is 0 Å². The molecule has 124 valence electrons. The molecule has 1 aliphatic heterocycles. The lowest BCUT2D eigenvalue weighted by Crippen LogP contribution is -2.44. The highest BCUT2D eigenvalue weighted by atomic mass is 16.2. The Bertz CT molecular complexity index is 661. The maximum atomic E-state index is 12.3. The van der Waals surface area contributed by atoms with Crippen molar-refractivity contribution in [3.63, 3.8) is 0 Å². The van der Waals surface area contributed by atoms with Crippen molar-refractivity contribution in [2.75, 3.05) is 11.9 Å². The molecule has 4 amide bonds. The van der Waals surface area contributed by atoms with Crippen molar-refractivity contribution in [2.24, 2.45) is 0 Å². The molecule has 0 unspecified atom stereocenters. The van der Waals surface area contributed by atoms with Crippen LogP contribution in [0.5, 0.6) is 0 Å². The number of rotatable bonds is 4. The maximum Gasteiger partial charge on any atom is 0.325 e. The molecule has 1 fully saturated rings. The molecular weight excluding hydrogens is 294 g/mol. The molecule has 1 saturated heterocycles. The van der Waals surface area contributed by atoms with E-state index in [1.54, 1.807) is 6.92 Å². The Hall–Kier alpha value is -2.37. The third kappa shape index (κ3) is 3.21. The Balaban J connectivity index is 2.12. The van der Waals surface area contributed by atoms with Crippen LogP contribution in [0, 0.1) is 20.8 Å². The van der Waals surface area contributed by atoms with Gasteiger partial charge in [0.25, 0.3) is 5.91 Å². The molecule has 2 N–H and O–H groups in total. The van der Waals surface area contributed by atoms with Crippen LogP contribution in [-0.2, 0) is 9.59 Å². The van der Waals surface area contributed by atoms with Crippen molar-refractivity contribution in [3.05, 3.63) is 28.8 Å². The number of anilines is 1. The predicted octanol–water partition coefficient (Wildman–Crippen LogP) is 2.27. The van der Waals surface area contributed by atoms with Gasteiger partial charge in [-0.15, -0.1) is 0 Å². The first-order valence-corrected chi connectivity index (χ1v) is 7.69. The molecule has 0 spiro atoms. The normalized spacial score (nSPS) is 20.7. The van der Waals surface area contributed by atoms with Gasteiger partial charge in [-0.3, -0.25) is 14.5 Å². The molecule has 6 heteroatoms. The Morgan fingerprint density at radius 3 is 2.26 bits per heavy atom. The Morgan fingerprint density at radius 1 is 1.22 bits per heavy atom. The van der Waals surface area contributed by atoms with Crippen molar-refractivity contribution < 1.29 is 14.4 Å². The smallest absolute Gasteiger partial charge is 0.324 e. The zero-order valence-electron chi connectivity index (χ0n) is 14.2. The SMILES string of the molecule is CC[C@@]1(C)NC(=O)N(CC(=O)Nc2c(C)cc(C)cc2C)C1=O. The van der Waals surface area contributed by atoms with E-state index < -0.39 is 11.6 Å². The number of hydrogen-bond donors (Lipinski definition) is 2. The van der Waals surface area contributed by atoms with Gasteiger partial charge < -0.3 is 10.6 Å². The van der Waals surface area contributed by atoms with E-state index in [1.807, 2.05) is 39.8 Å². The van der Waals surface area contributed by atoms with Crippen LogP contribution in [0.3, 0.4) is 0 Å². The molecule has 1 aromatic carbocycles. The van der Waals surface area contributed by atoms with Crippen LogP contribution in [0.4, 0.5) is 10.5 Å². The number of nitrogens with one attached hydrogen (secondary N) is 2. The van der Waals surface area contributed by atoms with E-state index in [0.29, 0.717) is 6.42 Å². The molecule has 6 nitrogen and oxygen atoms in total. The summed E-state index contributed by atoms with van der Waals surface area (Å²) < 4.78 is 0. The van der Waals surface area contributed by atoms with Crippen molar-refractivity contribution >= 4 is 23.5 Å². The summed E-state index contributed by atoms with van der Waals surface area (Å²) >= 11 is 0. The summed E-state index contributed by atoms with van der Waals surface area (Å²) in [5.41, 5.74) is 2.82. The first-order chi connectivity index (χ1) is 10.7. The van der Waals surface area contributed by atoms with Crippen LogP contribution in [0.1, 0.15) is 37.0 Å². The molecule has 1 heterocycles. The Labute approximate surface area is 136 Å². The van der Waals surface area contributed by atoms with E-state index in [9.17, 15) is 14.4 Å². The van der Waals surface area contributed by atoms with Gasteiger partial charge in [0.05, 0.1) is 0 Å². The average Bonchev–Trinajstić information content (AvgIpc) is 2.67. The summed E-state index contributed by atoms with van der Waals surface area (Å²) in [7, 11) is 0. The molecular formula is C17H23N3O3. The Morgan fingerprint density at radius 2 is 1.78 bits per heavy atom. The molecule has 0 saturated carbocycles. The second-order valence-electron chi connectivity index (χ2n) is 6.33. The van der Waals surface area contributed by atoms with Crippen molar-refractivity contribution in [3.8, 4) is 0 Å². The third-order valence-corrected chi connectivity index (χ3v) is 4.30. The van der Waals surface area contributed by atoms with Gasteiger partial charge in [-0.05, 0) is 45.2 Å². The highest BCUT2D eigenvalue weighted by Gasteiger charge is 2.46. The first-order valence-electron chi connectivity index (χ1n) is 7.69. The van der Waals surface area contributed by atoms with Crippen LogP contribution in [0.2, 0.25) is 0 Å². The van der Waals surface area contributed by atoms with Crippen molar-refractivity contribution in [1.82, 2.24) is 10.2 Å². The number of nitrogens with zero attached hydrogens (tertiary/aromatic N) is 1. The quantitative estimate of drug-likeness (QED) is 0.836. The van der Waals surface area contributed by atoms with Gasteiger partial charge >= 0.3 is 6.03 Å². The summed E-state index contributed by atoms with van der Waals surface area (Å²) in [5.74, 6) is -0.749. The lowest BCUT2D eigenvalue weighted by molar-refractivity contribution is -0.133. The predicted molar refractivity (Wildman–Crippen MR) is 88.2 cm³/mol. The second kappa shape index (κ2) is 6.02. The molecule has 0 radical (unpaired) electrons. The maximum absolute atomic E-state index is 12.3. The highest BCUT2D eigenvalue weighted by molar-refractivity contribution is 6.10. The molecule has 1 atom stereocenters. The van der Waals surface area contributed by atoms with Crippen LogP contribution >= 0.6 is 0 Å². The largest absolute Gasteiger partial charge is 0.325 e. The number of benzene rings is 1. The minimum absolute atomic E-state index is 0.285. The number of hydrogen-bond acceptors (Lipinski definition) is 3. The van der Waals surface area contributed by atoms with E-state index in [4.69, 9.17) is 0 Å². The van der Waals surface area contributed by atoms with Gasteiger partial charge in [0.15, 0.2) is 0 Å². The van der Waals surface area contributed by atoms with Crippen molar-refractivity contribution in [1.29, 1.82) is 0 Å². The number of carbonyl (C=O) groups is 3. The van der Waals surface area contributed by atoms with E-state index in [0.717, 1.165) is 27.3 Å². The average molecular weight is 317 g/mol. The zero-order valence-corrected chi connectivity index (χ0v) is 14.2. The van der Waals surface area contributed by atoms with Crippen LogP contribution in [0.15, 0.2) is 12.1 Å². The number of imide groups is 1. The zero-order chi connectivity index (χ0) is 17.4. The number of carbonyl (C=O) groups excluding carboxylic acids is 3.